The van der Waals surface area contributed by atoms with Crippen molar-refractivity contribution in [1.82, 2.24) is 5.01 Å². The number of hydrogen-bond acceptors (Lipinski definition) is 4. The summed E-state index contributed by atoms with van der Waals surface area (Å²) in [6, 6.07) is 24.1. The lowest BCUT2D eigenvalue weighted by Gasteiger charge is -2.30. The summed E-state index contributed by atoms with van der Waals surface area (Å²) < 4.78 is 11.5. The van der Waals surface area contributed by atoms with Crippen LogP contribution in [0.4, 0.5) is 0 Å². The minimum absolute atomic E-state index is 0.494. The minimum Gasteiger partial charge on any atom is -0.493 e. The molecule has 1 aliphatic rings. The molecule has 0 amide bonds. The highest BCUT2D eigenvalue weighted by Crippen LogP contribution is 2.28. The molecule has 4 rings (SSSR count). The molecule has 3 aromatic carbocycles. The molecule has 0 aliphatic carbocycles. The second-order valence-corrected chi connectivity index (χ2v) is 8.31. The van der Waals surface area contributed by atoms with Crippen molar-refractivity contribution in [2.75, 3.05) is 33.3 Å². The van der Waals surface area contributed by atoms with E-state index in [4.69, 9.17) is 26.2 Å². The predicted octanol–water partition coefficient (Wildman–Crippen LogP) is 3.66. The van der Waals surface area contributed by atoms with Crippen molar-refractivity contribution in [3.8, 4) is 11.5 Å². The Kier molecular flexibility index (Phi) is 7.64. The van der Waals surface area contributed by atoms with Crippen molar-refractivity contribution in [3.05, 3.63) is 94.5 Å². The van der Waals surface area contributed by atoms with E-state index in [1.807, 2.05) is 72.9 Å². The van der Waals surface area contributed by atoms with Crippen LogP contribution in [0.2, 0.25) is 5.02 Å². The molecule has 0 spiro atoms. The van der Waals surface area contributed by atoms with E-state index in [1.54, 1.807) is 7.11 Å². The first-order valence-corrected chi connectivity index (χ1v) is 11.3. The summed E-state index contributed by atoms with van der Waals surface area (Å²) in [6.45, 7) is 5.37. The van der Waals surface area contributed by atoms with E-state index in [-0.39, 0.29) is 0 Å². The van der Waals surface area contributed by atoms with Gasteiger partial charge in [-0.05, 0) is 35.4 Å². The summed E-state index contributed by atoms with van der Waals surface area (Å²) in [6.07, 6.45) is 1.90. The van der Waals surface area contributed by atoms with Gasteiger partial charge in [0.05, 0.1) is 39.5 Å². The first-order chi connectivity index (χ1) is 15.7. The fourth-order valence-corrected chi connectivity index (χ4v) is 3.99. The monoisotopic (exact) mass is 450 g/mol. The van der Waals surface area contributed by atoms with Crippen molar-refractivity contribution in [3.63, 3.8) is 0 Å². The van der Waals surface area contributed by atoms with E-state index in [0.717, 1.165) is 54.6 Å². The highest BCUT2D eigenvalue weighted by molar-refractivity contribution is 6.31. The highest BCUT2D eigenvalue weighted by Gasteiger charge is 2.19. The Hall–Kier alpha value is -3.02. The quantitative estimate of drug-likeness (QED) is 0.532. The van der Waals surface area contributed by atoms with E-state index in [9.17, 15) is 0 Å². The van der Waals surface area contributed by atoms with Crippen molar-refractivity contribution in [2.45, 2.75) is 13.2 Å². The molecule has 0 saturated carbocycles. The fraction of sp³-hybridized carbons (Fsp3) is 0.269. The van der Waals surface area contributed by atoms with E-state index in [0.29, 0.717) is 12.4 Å². The molecule has 32 heavy (non-hydrogen) atoms. The van der Waals surface area contributed by atoms with Crippen LogP contribution in [0.25, 0.3) is 0 Å². The molecule has 5 nitrogen and oxygen atoms in total. The minimum atomic E-state index is 0.494. The topological polar surface area (TPSA) is 38.5 Å². The van der Waals surface area contributed by atoms with Gasteiger partial charge in [-0.2, -0.15) is 5.10 Å². The van der Waals surface area contributed by atoms with Gasteiger partial charge in [0.2, 0.25) is 0 Å². The van der Waals surface area contributed by atoms with Crippen LogP contribution >= 0.6 is 11.6 Å². The van der Waals surface area contributed by atoms with Gasteiger partial charge in [0.25, 0.3) is 0 Å². The van der Waals surface area contributed by atoms with Crippen molar-refractivity contribution >= 4 is 17.8 Å². The van der Waals surface area contributed by atoms with E-state index < -0.39 is 0 Å². The molecule has 0 atom stereocenters. The Balaban J connectivity index is 1.32. The molecule has 1 saturated heterocycles. The van der Waals surface area contributed by atoms with Crippen LogP contribution < -0.4 is 14.4 Å². The molecule has 1 aliphatic heterocycles. The van der Waals surface area contributed by atoms with Crippen LogP contribution in [-0.4, -0.2) is 44.5 Å². The summed E-state index contributed by atoms with van der Waals surface area (Å²) in [5, 5.41) is 7.68. The van der Waals surface area contributed by atoms with Crippen LogP contribution in [0, 0.1) is 0 Å². The van der Waals surface area contributed by atoms with Crippen LogP contribution in [0.1, 0.15) is 16.7 Å². The number of methoxy groups -OCH3 is 1. The third kappa shape index (κ3) is 6.02. The Morgan fingerprint density at radius 2 is 1.72 bits per heavy atom. The van der Waals surface area contributed by atoms with Crippen LogP contribution in [0.5, 0.6) is 11.5 Å². The molecule has 1 fully saturated rings. The SMILES string of the molecule is COc1ccc(/C=N/N2CC[NH+](Cc3ccccc3Cl)CC2)cc1OCc1ccccc1. The number of hydrazone groups is 1. The Bertz CT molecular complexity index is 1030. The van der Waals surface area contributed by atoms with E-state index in [2.05, 4.69) is 11.1 Å². The molecular formula is C26H29ClN3O2+. The van der Waals surface area contributed by atoms with Crippen LogP contribution in [-0.2, 0) is 13.2 Å². The van der Waals surface area contributed by atoms with Gasteiger partial charge in [-0.15, -0.1) is 0 Å². The number of piperazine rings is 1. The molecule has 166 valence electrons. The van der Waals surface area contributed by atoms with Crippen LogP contribution in [0.15, 0.2) is 77.9 Å². The maximum absolute atomic E-state index is 6.31. The Morgan fingerprint density at radius 1 is 0.969 bits per heavy atom. The van der Waals surface area contributed by atoms with Crippen molar-refractivity contribution in [1.29, 1.82) is 0 Å². The van der Waals surface area contributed by atoms with Crippen molar-refractivity contribution in [2.24, 2.45) is 5.10 Å². The zero-order valence-corrected chi connectivity index (χ0v) is 19.1. The second kappa shape index (κ2) is 11.0. The third-order valence-electron chi connectivity index (χ3n) is 5.64. The third-order valence-corrected chi connectivity index (χ3v) is 6.01. The van der Waals surface area contributed by atoms with Gasteiger partial charge in [0.1, 0.15) is 13.2 Å². The number of quaternary nitrogens is 1. The summed E-state index contributed by atoms with van der Waals surface area (Å²) >= 11 is 6.31. The van der Waals surface area contributed by atoms with Crippen LogP contribution in [0.3, 0.4) is 0 Å². The van der Waals surface area contributed by atoms with Gasteiger partial charge >= 0.3 is 0 Å². The number of nitrogens with zero attached hydrogens (tertiary/aromatic N) is 2. The van der Waals surface area contributed by atoms with Gasteiger partial charge in [-0.25, -0.2) is 0 Å². The molecule has 1 N–H and O–H groups in total. The summed E-state index contributed by atoms with van der Waals surface area (Å²) in [4.78, 5) is 1.53. The van der Waals surface area contributed by atoms with Gasteiger partial charge < -0.3 is 14.4 Å². The number of ether oxygens (including phenoxy) is 2. The Labute approximate surface area is 194 Å². The fourth-order valence-electron chi connectivity index (χ4n) is 3.78. The lowest BCUT2D eigenvalue weighted by molar-refractivity contribution is -0.918. The molecule has 0 radical (unpaired) electrons. The Morgan fingerprint density at radius 3 is 2.47 bits per heavy atom. The molecule has 0 bridgehead atoms. The summed E-state index contributed by atoms with van der Waals surface area (Å²) in [5.41, 5.74) is 3.31. The largest absolute Gasteiger partial charge is 0.493 e. The second-order valence-electron chi connectivity index (χ2n) is 7.90. The maximum Gasteiger partial charge on any atom is 0.162 e. The number of benzene rings is 3. The summed E-state index contributed by atoms with van der Waals surface area (Å²) in [7, 11) is 1.66. The molecule has 3 aromatic rings. The first kappa shape index (κ1) is 22.2. The average molecular weight is 451 g/mol. The highest BCUT2D eigenvalue weighted by atomic mass is 35.5. The van der Waals surface area contributed by atoms with Crippen molar-refractivity contribution < 1.29 is 14.4 Å². The predicted molar refractivity (Wildman–Crippen MR) is 129 cm³/mol. The number of nitrogens with one attached hydrogen (secondary N) is 1. The maximum atomic E-state index is 6.31. The lowest BCUT2D eigenvalue weighted by atomic mass is 10.2. The number of rotatable bonds is 8. The molecule has 0 aromatic heterocycles. The van der Waals surface area contributed by atoms with E-state index >= 15 is 0 Å². The van der Waals surface area contributed by atoms with Gasteiger partial charge in [0, 0.05) is 10.6 Å². The van der Waals surface area contributed by atoms with Gasteiger partial charge in [0.15, 0.2) is 11.5 Å². The standard InChI is InChI=1S/C26H28ClN3O2/c1-31-25-12-11-22(17-26(25)32-20-21-7-3-2-4-8-21)18-28-30-15-13-29(14-16-30)19-23-9-5-6-10-24(23)27/h2-12,17-18H,13-16,19-20H2,1H3/p+1/b28-18+. The molecule has 0 unspecified atom stereocenters. The zero-order chi connectivity index (χ0) is 22.2. The average Bonchev–Trinajstić information content (AvgIpc) is 2.84. The lowest BCUT2D eigenvalue weighted by Crippen LogP contribution is -3.13. The zero-order valence-electron chi connectivity index (χ0n) is 18.3. The molecule has 6 heteroatoms. The van der Waals surface area contributed by atoms with E-state index in [1.165, 1.54) is 10.5 Å². The number of hydrogen-bond donors (Lipinski definition) is 1. The normalized spacial score (nSPS) is 14.6. The number of halogens is 1. The molecule has 1 heterocycles. The van der Waals surface area contributed by atoms with Gasteiger partial charge in [-0.1, -0.05) is 60.1 Å². The molecular weight excluding hydrogens is 422 g/mol. The smallest absolute Gasteiger partial charge is 0.162 e. The van der Waals surface area contributed by atoms with Gasteiger partial charge in [-0.3, -0.25) is 5.01 Å². The summed E-state index contributed by atoms with van der Waals surface area (Å²) in [5.74, 6) is 1.43. The first-order valence-electron chi connectivity index (χ1n) is 10.9.